The summed E-state index contributed by atoms with van der Waals surface area (Å²) in [7, 11) is 1.30. The average Bonchev–Trinajstić information content (AvgIpc) is 3.09. The molecular formula is C18H18BrNO5. The molecular weight excluding hydrogens is 390 g/mol. The number of ether oxygens (including phenoxy) is 3. The topological polar surface area (TPSA) is 65.1 Å². The van der Waals surface area contributed by atoms with Crippen molar-refractivity contribution in [3.63, 3.8) is 0 Å². The maximum absolute atomic E-state index is 12.9. The molecule has 2 aliphatic heterocycles. The highest BCUT2D eigenvalue weighted by atomic mass is 79.9. The molecule has 0 aromatic heterocycles. The number of amides is 1. The Morgan fingerprint density at radius 2 is 1.96 bits per heavy atom. The van der Waals surface area contributed by atoms with Crippen LogP contribution in [0.5, 0.6) is 11.5 Å². The maximum Gasteiger partial charge on any atom is 0.340 e. The zero-order valence-corrected chi connectivity index (χ0v) is 16.0. The fourth-order valence-electron chi connectivity index (χ4n) is 3.02. The fourth-order valence-corrected chi connectivity index (χ4v) is 3.46. The van der Waals surface area contributed by atoms with Crippen molar-refractivity contribution in [3.8, 4) is 11.5 Å². The molecule has 0 atom stereocenters. The molecule has 0 unspecified atom stereocenters. The SMILES string of the molecule is COC(=O)C1=C(C)N(C(C)C)C(=O)/C1=C\c1cc2c(cc1Br)OCO2. The van der Waals surface area contributed by atoms with Gasteiger partial charge in [-0.05, 0) is 44.5 Å². The maximum atomic E-state index is 12.9. The fraction of sp³-hybridized carbons (Fsp3) is 0.333. The van der Waals surface area contributed by atoms with Crippen molar-refractivity contribution >= 4 is 33.9 Å². The van der Waals surface area contributed by atoms with Crippen LogP contribution in [0.1, 0.15) is 26.3 Å². The highest BCUT2D eigenvalue weighted by Gasteiger charge is 2.38. The molecule has 6 nitrogen and oxygen atoms in total. The molecule has 2 heterocycles. The number of halogens is 1. The van der Waals surface area contributed by atoms with Gasteiger partial charge in [-0.3, -0.25) is 4.79 Å². The monoisotopic (exact) mass is 407 g/mol. The van der Waals surface area contributed by atoms with Crippen molar-refractivity contribution in [2.24, 2.45) is 0 Å². The summed E-state index contributed by atoms with van der Waals surface area (Å²) in [5.41, 5.74) is 1.89. The van der Waals surface area contributed by atoms with Crippen LogP contribution < -0.4 is 9.47 Å². The van der Waals surface area contributed by atoms with Gasteiger partial charge in [0.1, 0.15) is 0 Å². The number of methoxy groups -OCH3 is 1. The lowest BCUT2D eigenvalue weighted by Gasteiger charge is -2.22. The van der Waals surface area contributed by atoms with E-state index in [2.05, 4.69) is 15.9 Å². The second-order valence-corrected chi connectivity index (χ2v) is 6.86. The van der Waals surface area contributed by atoms with E-state index >= 15 is 0 Å². The second-order valence-electron chi connectivity index (χ2n) is 6.01. The van der Waals surface area contributed by atoms with Gasteiger partial charge in [-0.15, -0.1) is 0 Å². The summed E-state index contributed by atoms with van der Waals surface area (Å²) < 4.78 is 16.3. The smallest absolute Gasteiger partial charge is 0.340 e. The molecule has 0 spiro atoms. The van der Waals surface area contributed by atoms with E-state index in [1.54, 1.807) is 30.0 Å². The molecule has 0 N–H and O–H groups in total. The van der Waals surface area contributed by atoms with E-state index in [1.807, 2.05) is 13.8 Å². The largest absolute Gasteiger partial charge is 0.465 e. The number of hydrogen-bond acceptors (Lipinski definition) is 5. The molecule has 7 heteroatoms. The molecule has 1 amide bonds. The minimum absolute atomic E-state index is 0.0711. The zero-order chi connectivity index (χ0) is 18.3. The predicted octanol–water partition coefficient (Wildman–Crippen LogP) is 3.26. The average molecular weight is 408 g/mol. The van der Waals surface area contributed by atoms with Crippen LogP contribution in [0.4, 0.5) is 0 Å². The Labute approximate surface area is 154 Å². The highest BCUT2D eigenvalue weighted by molar-refractivity contribution is 9.10. The summed E-state index contributed by atoms with van der Waals surface area (Å²) >= 11 is 3.47. The number of carbonyl (C=O) groups excluding carboxylic acids is 2. The lowest BCUT2D eigenvalue weighted by atomic mass is 10.0. The Morgan fingerprint density at radius 3 is 2.56 bits per heavy atom. The number of esters is 1. The number of nitrogens with zero attached hydrogens (tertiary/aromatic N) is 1. The van der Waals surface area contributed by atoms with Gasteiger partial charge in [0.25, 0.3) is 5.91 Å². The van der Waals surface area contributed by atoms with Gasteiger partial charge in [0.05, 0.1) is 18.3 Å². The van der Waals surface area contributed by atoms with Crippen molar-refractivity contribution in [2.45, 2.75) is 26.8 Å². The lowest BCUT2D eigenvalue weighted by molar-refractivity contribution is -0.136. The number of carbonyl (C=O) groups is 2. The Hall–Kier alpha value is -2.28. The highest BCUT2D eigenvalue weighted by Crippen LogP contribution is 2.39. The molecule has 0 fully saturated rings. The van der Waals surface area contributed by atoms with Crippen LogP contribution in [0, 0.1) is 0 Å². The van der Waals surface area contributed by atoms with E-state index in [-0.39, 0.29) is 24.3 Å². The van der Waals surface area contributed by atoms with Crippen LogP contribution in [0.3, 0.4) is 0 Å². The van der Waals surface area contributed by atoms with Gasteiger partial charge in [0.2, 0.25) is 6.79 Å². The van der Waals surface area contributed by atoms with Gasteiger partial charge in [0.15, 0.2) is 11.5 Å². The van der Waals surface area contributed by atoms with Gasteiger partial charge >= 0.3 is 5.97 Å². The van der Waals surface area contributed by atoms with Crippen LogP contribution in [-0.2, 0) is 14.3 Å². The molecule has 0 aliphatic carbocycles. The van der Waals surface area contributed by atoms with Crippen molar-refractivity contribution < 1.29 is 23.8 Å². The van der Waals surface area contributed by atoms with Crippen LogP contribution in [0.25, 0.3) is 6.08 Å². The van der Waals surface area contributed by atoms with E-state index < -0.39 is 5.97 Å². The predicted molar refractivity (Wildman–Crippen MR) is 94.9 cm³/mol. The first-order valence-corrected chi connectivity index (χ1v) is 8.58. The van der Waals surface area contributed by atoms with Crippen molar-refractivity contribution in [3.05, 3.63) is 39.0 Å². The van der Waals surface area contributed by atoms with Gasteiger partial charge < -0.3 is 19.1 Å². The van der Waals surface area contributed by atoms with Crippen LogP contribution in [0.2, 0.25) is 0 Å². The summed E-state index contributed by atoms with van der Waals surface area (Å²) in [6.45, 7) is 5.71. The van der Waals surface area contributed by atoms with E-state index in [0.29, 0.717) is 28.3 Å². The molecule has 1 aromatic rings. The first-order chi connectivity index (χ1) is 11.8. The summed E-state index contributed by atoms with van der Waals surface area (Å²) in [5, 5.41) is 0. The number of fused-ring (bicyclic) bond motifs is 1. The minimum Gasteiger partial charge on any atom is -0.465 e. The first-order valence-electron chi connectivity index (χ1n) is 7.79. The molecule has 0 saturated carbocycles. The second kappa shape index (κ2) is 6.55. The third-order valence-electron chi connectivity index (χ3n) is 4.14. The van der Waals surface area contributed by atoms with Crippen LogP contribution >= 0.6 is 15.9 Å². The Morgan fingerprint density at radius 1 is 1.32 bits per heavy atom. The van der Waals surface area contributed by atoms with E-state index in [4.69, 9.17) is 14.2 Å². The summed E-state index contributed by atoms with van der Waals surface area (Å²) in [5.74, 6) is 0.478. The van der Waals surface area contributed by atoms with Gasteiger partial charge in [-0.2, -0.15) is 0 Å². The quantitative estimate of drug-likeness (QED) is 0.568. The van der Waals surface area contributed by atoms with Crippen LogP contribution in [-0.4, -0.2) is 36.7 Å². The van der Waals surface area contributed by atoms with E-state index in [0.717, 1.165) is 4.47 Å². The summed E-state index contributed by atoms with van der Waals surface area (Å²) in [6.07, 6.45) is 1.67. The molecule has 3 rings (SSSR count). The van der Waals surface area contributed by atoms with Crippen molar-refractivity contribution in [1.82, 2.24) is 4.90 Å². The molecule has 25 heavy (non-hydrogen) atoms. The standard InChI is InChI=1S/C18H18BrNO5/c1-9(2)20-10(3)16(18(22)23-4)12(17(20)21)5-11-6-14-15(7-13(11)19)25-8-24-14/h5-7,9H,8H2,1-4H3/b12-5-. The van der Waals surface area contributed by atoms with Crippen LogP contribution in [0.15, 0.2) is 33.4 Å². The molecule has 0 saturated heterocycles. The molecule has 0 bridgehead atoms. The minimum atomic E-state index is -0.530. The van der Waals surface area contributed by atoms with E-state index in [1.165, 1.54) is 7.11 Å². The molecule has 1 aromatic carbocycles. The third kappa shape index (κ3) is 2.93. The molecule has 2 aliphatic rings. The Kier molecular flexibility index (Phi) is 4.60. The van der Waals surface area contributed by atoms with Gasteiger partial charge in [-0.25, -0.2) is 4.79 Å². The number of rotatable bonds is 3. The van der Waals surface area contributed by atoms with E-state index in [9.17, 15) is 9.59 Å². The van der Waals surface area contributed by atoms with Gasteiger partial charge in [-0.1, -0.05) is 15.9 Å². The summed E-state index contributed by atoms with van der Waals surface area (Å²) in [4.78, 5) is 26.7. The normalized spacial score (nSPS) is 17.9. The lowest BCUT2D eigenvalue weighted by Crippen LogP contribution is -2.31. The summed E-state index contributed by atoms with van der Waals surface area (Å²) in [6, 6.07) is 3.48. The zero-order valence-electron chi connectivity index (χ0n) is 14.4. The van der Waals surface area contributed by atoms with Crippen molar-refractivity contribution in [2.75, 3.05) is 13.9 Å². The van der Waals surface area contributed by atoms with Gasteiger partial charge in [0, 0.05) is 16.2 Å². The Balaban J connectivity index is 2.13. The number of benzene rings is 1. The molecule has 0 radical (unpaired) electrons. The molecule has 132 valence electrons. The number of allylic oxidation sites excluding steroid dienone is 1. The first kappa shape index (κ1) is 17.5. The Bertz CT molecular complexity index is 825. The third-order valence-corrected chi connectivity index (χ3v) is 4.83. The van der Waals surface area contributed by atoms with Crippen molar-refractivity contribution in [1.29, 1.82) is 0 Å². The number of hydrogen-bond donors (Lipinski definition) is 0.